The molecule has 0 aliphatic rings. The van der Waals surface area contributed by atoms with E-state index in [4.69, 9.17) is 0 Å². The van der Waals surface area contributed by atoms with Gasteiger partial charge in [-0.3, -0.25) is 0 Å². The van der Waals surface area contributed by atoms with Crippen LogP contribution in [0.25, 0.3) is 0 Å². The summed E-state index contributed by atoms with van der Waals surface area (Å²) in [6.45, 7) is 12.2. The summed E-state index contributed by atoms with van der Waals surface area (Å²) < 4.78 is 0. The van der Waals surface area contributed by atoms with Crippen LogP contribution in [-0.4, -0.2) is 13.1 Å². The largest absolute Gasteiger partial charge is 0.313 e. The van der Waals surface area contributed by atoms with Crippen molar-refractivity contribution in [1.82, 2.24) is 5.32 Å². The lowest BCUT2D eigenvalue weighted by molar-refractivity contribution is 0.558. The van der Waals surface area contributed by atoms with Gasteiger partial charge < -0.3 is 5.32 Å². The van der Waals surface area contributed by atoms with Crippen LogP contribution in [0.4, 0.5) is 0 Å². The molecule has 1 atom stereocenters. The Kier molecular flexibility index (Phi) is 12.7. The van der Waals surface area contributed by atoms with Crippen LogP contribution in [0.15, 0.2) is 12.2 Å². The Morgan fingerprint density at radius 3 is 2.17 bits per heavy atom. The lowest BCUT2D eigenvalue weighted by Crippen LogP contribution is -2.25. The highest BCUT2D eigenvalue weighted by atomic mass is 14.9. The molecule has 0 heterocycles. The standard InChI is InChI=1S/C9H19N.C2H6/c1-5-6-7-9(10-4)8(2)3;1-2/h9-10H,2,5-7H2,1,3-4H3;1-2H3. The third-order valence-corrected chi connectivity index (χ3v) is 1.79. The molecule has 0 aromatic rings. The monoisotopic (exact) mass is 171 g/mol. The van der Waals surface area contributed by atoms with Crippen molar-refractivity contribution in [2.75, 3.05) is 7.05 Å². The van der Waals surface area contributed by atoms with Gasteiger partial charge in [-0.25, -0.2) is 0 Å². The minimum atomic E-state index is 0.528. The van der Waals surface area contributed by atoms with Gasteiger partial charge in [-0.1, -0.05) is 45.8 Å². The van der Waals surface area contributed by atoms with E-state index >= 15 is 0 Å². The van der Waals surface area contributed by atoms with E-state index in [1.807, 2.05) is 20.9 Å². The average Bonchev–Trinajstić information content (AvgIpc) is 2.09. The van der Waals surface area contributed by atoms with E-state index in [1.165, 1.54) is 24.8 Å². The summed E-state index contributed by atoms with van der Waals surface area (Å²) in [5.74, 6) is 0. The molecule has 74 valence electrons. The minimum absolute atomic E-state index is 0.528. The first kappa shape index (κ1) is 14.2. The van der Waals surface area contributed by atoms with Crippen molar-refractivity contribution in [2.24, 2.45) is 0 Å². The number of rotatable bonds is 5. The Bertz CT molecular complexity index is 97.2. The molecule has 0 rings (SSSR count). The van der Waals surface area contributed by atoms with Crippen LogP contribution < -0.4 is 5.32 Å². The molecule has 0 saturated carbocycles. The molecule has 0 saturated heterocycles. The van der Waals surface area contributed by atoms with Gasteiger partial charge in [-0.05, 0) is 20.4 Å². The van der Waals surface area contributed by atoms with E-state index in [9.17, 15) is 0 Å². The van der Waals surface area contributed by atoms with Crippen molar-refractivity contribution in [3.05, 3.63) is 12.2 Å². The molecule has 1 nitrogen and oxygen atoms in total. The zero-order chi connectivity index (χ0) is 9.98. The van der Waals surface area contributed by atoms with E-state index < -0.39 is 0 Å². The maximum Gasteiger partial charge on any atom is 0.0271 e. The Morgan fingerprint density at radius 1 is 1.42 bits per heavy atom. The molecule has 12 heavy (non-hydrogen) atoms. The maximum absolute atomic E-state index is 3.92. The lowest BCUT2D eigenvalue weighted by Gasteiger charge is -2.14. The van der Waals surface area contributed by atoms with Crippen molar-refractivity contribution < 1.29 is 0 Å². The molecule has 1 N–H and O–H groups in total. The van der Waals surface area contributed by atoms with Gasteiger partial charge in [0.15, 0.2) is 0 Å². The van der Waals surface area contributed by atoms with E-state index in [2.05, 4.69) is 25.7 Å². The average molecular weight is 171 g/mol. The van der Waals surface area contributed by atoms with Gasteiger partial charge in [0.25, 0.3) is 0 Å². The molecular formula is C11H25N. The van der Waals surface area contributed by atoms with Crippen LogP contribution in [0.5, 0.6) is 0 Å². The van der Waals surface area contributed by atoms with E-state index in [-0.39, 0.29) is 0 Å². The molecule has 0 aliphatic heterocycles. The number of likely N-dealkylation sites (N-methyl/N-ethyl adjacent to an activating group) is 1. The predicted octanol–water partition coefficient (Wildman–Crippen LogP) is 3.37. The van der Waals surface area contributed by atoms with E-state index in [0.717, 1.165) is 0 Å². The Hall–Kier alpha value is -0.300. The highest BCUT2D eigenvalue weighted by Gasteiger charge is 2.03. The third kappa shape index (κ3) is 7.80. The fraction of sp³-hybridized carbons (Fsp3) is 0.818. The molecule has 1 heteroatoms. The van der Waals surface area contributed by atoms with Crippen molar-refractivity contribution in [2.45, 2.75) is 53.0 Å². The second-order valence-electron chi connectivity index (χ2n) is 2.83. The number of nitrogens with one attached hydrogen (secondary N) is 1. The van der Waals surface area contributed by atoms with Gasteiger partial charge in [0.1, 0.15) is 0 Å². The first-order chi connectivity index (χ1) is 5.72. The molecule has 0 spiro atoms. The summed E-state index contributed by atoms with van der Waals surface area (Å²) >= 11 is 0. The van der Waals surface area contributed by atoms with Crippen molar-refractivity contribution in [3.63, 3.8) is 0 Å². The van der Waals surface area contributed by atoms with Crippen LogP contribution in [0.1, 0.15) is 47.0 Å². The summed E-state index contributed by atoms with van der Waals surface area (Å²) in [6.07, 6.45) is 3.78. The molecule has 0 amide bonds. The Balaban J connectivity index is 0. The number of hydrogen-bond donors (Lipinski definition) is 1. The number of unbranched alkanes of at least 4 members (excludes halogenated alkanes) is 1. The minimum Gasteiger partial charge on any atom is -0.313 e. The van der Waals surface area contributed by atoms with Crippen LogP contribution in [0, 0.1) is 0 Å². The molecule has 0 radical (unpaired) electrons. The SMILES string of the molecule is C=C(C)C(CCCC)NC.CC. The fourth-order valence-corrected chi connectivity index (χ4v) is 1.05. The molecule has 0 aromatic heterocycles. The summed E-state index contributed by atoms with van der Waals surface area (Å²) in [5, 5.41) is 3.24. The first-order valence-electron chi connectivity index (χ1n) is 5.05. The quantitative estimate of drug-likeness (QED) is 0.625. The van der Waals surface area contributed by atoms with Gasteiger partial charge in [0.2, 0.25) is 0 Å². The molecule has 0 bridgehead atoms. The van der Waals surface area contributed by atoms with Crippen molar-refractivity contribution in [3.8, 4) is 0 Å². The van der Waals surface area contributed by atoms with Gasteiger partial charge in [0, 0.05) is 6.04 Å². The van der Waals surface area contributed by atoms with E-state index in [1.54, 1.807) is 0 Å². The zero-order valence-electron chi connectivity index (χ0n) is 9.41. The summed E-state index contributed by atoms with van der Waals surface area (Å²) in [6, 6.07) is 0.528. The Morgan fingerprint density at radius 2 is 1.92 bits per heavy atom. The maximum atomic E-state index is 3.92. The molecular weight excluding hydrogens is 146 g/mol. The normalized spacial score (nSPS) is 11.4. The third-order valence-electron chi connectivity index (χ3n) is 1.79. The topological polar surface area (TPSA) is 12.0 Å². The highest BCUT2D eigenvalue weighted by molar-refractivity contribution is 5.00. The van der Waals surface area contributed by atoms with Crippen LogP contribution in [0.3, 0.4) is 0 Å². The smallest absolute Gasteiger partial charge is 0.0271 e. The van der Waals surface area contributed by atoms with Gasteiger partial charge >= 0.3 is 0 Å². The van der Waals surface area contributed by atoms with Gasteiger partial charge in [0.05, 0.1) is 0 Å². The zero-order valence-corrected chi connectivity index (χ0v) is 9.41. The van der Waals surface area contributed by atoms with Gasteiger partial charge in [-0.2, -0.15) is 0 Å². The predicted molar refractivity (Wildman–Crippen MR) is 58.5 cm³/mol. The Labute approximate surface area is 78.3 Å². The highest BCUT2D eigenvalue weighted by Crippen LogP contribution is 2.06. The van der Waals surface area contributed by atoms with Gasteiger partial charge in [-0.15, -0.1) is 0 Å². The summed E-state index contributed by atoms with van der Waals surface area (Å²) in [4.78, 5) is 0. The van der Waals surface area contributed by atoms with Crippen LogP contribution in [-0.2, 0) is 0 Å². The fourth-order valence-electron chi connectivity index (χ4n) is 1.05. The van der Waals surface area contributed by atoms with Crippen LogP contribution in [0.2, 0.25) is 0 Å². The molecule has 1 unspecified atom stereocenters. The summed E-state index contributed by atoms with van der Waals surface area (Å²) in [5.41, 5.74) is 1.25. The number of hydrogen-bond acceptors (Lipinski definition) is 1. The second-order valence-corrected chi connectivity index (χ2v) is 2.83. The van der Waals surface area contributed by atoms with Crippen LogP contribution >= 0.6 is 0 Å². The lowest BCUT2D eigenvalue weighted by atomic mass is 10.0. The first-order valence-corrected chi connectivity index (χ1v) is 5.05. The van der Waals surface area contributed by atoms with Crippen molar-refractivity contribution in [1.29, 1.82) is 0 Å². The van der Waals surface area contributed by atoms with E-state index in [0.29, 0.717) is 6.04 Å². The van der Waals surface area contributed by atoms with Crippen molar-refractivity contribution >= 4 is 0 Å². The molecule has 0 fully saturated rings. The second kappa shape index (κ2) is 10.7. The molecule has 0 aromatic carbocycles. The molecule has 0 aliphatic carbocycles. The summed E-state index contributed by atoms with van der Waals surface area (Å²) in [7, 11) is 2.00.